The first-order valence-electron chi connectivity index (χ1n) is 8.12. The summed E-state index contributed by atoms with van der Waals surface area (Å²) < 4.78 is 36.8. The molecule has 1 N–H and O–H groups in total. The van der Waals surface area contributed by atoms with Crippen molar-refractivity contribution in [1.82, 2.24) is 10.2 Å². The van der Waals surface area contributed by atoms with Crippen LogP contribution in [0.15, 0.2) is 35.3 Å². The maximum Gasteiger partial charge on any atom is 0.390 e. The van der Waals surface area contributed by atoms with Crippen LogP contribution in [0.25, 0.3) is 0 Å². The third-order valence-electron chi connectivity index (χ3n) is 3.94. The molecule has 6 heteroatoms. The Morgan fingerprint density at radius 2 is 2.04 bits per heavy atom. The molecule has 0 amide bonds. The number of likely N-dealkylation sites (tertiary alicyclic amines) is 1. The second kappa shape index (κ2) is 8.22. The number of nitrogens with one attached hydrogen (secondary N) is 1. The average Bonchev–Trinajstić information content (AvgIpc) is 2.94. The average molecular weight is 327 g/mol. The van der Waals surface area contributed by atoms with Crippen molar-refractivity contribution >= 4 is 5.96 Å². The quantitative estimate of drug-likeness (QED) is 0.662. The highest BCUT2D eigenvalue weighted by Crippen LogP contribution is 2.22. The van der Waals surface area contributed by atoms with Gasteiger partial charge < -0.3 is 10.2 Å². The van der Waals surface area contributed by atoms with Gasteiger partial charge in [-0.3, -0.25) is 4.99 Å². The number of nitrogens with zero attached hydrogens (tertiary/aromatic N) is 2. The van der Waals surface area contributed by atoms with Crippen molar-refractivity contribution < 1.29 is 13.2 Å². The van der Waals surface area contributed by atoms with Crippen molar-refractivity contribution in [2.45, 2.75) is 32.4 Å². The lowest BCUT2D eigenvalue weighted by atomic mass is 9.99. The number of benzene rings is 1. The predicted molar refractivity (Wildman–Crippen MR) is 86.5 cm³/mol. The van der Waals surface area contributed by atoms with Crippen molar-refractivity contribution in [3.8, 4) is 0 Å². The van der Waals surface area contributed by atoms with Crippen molar-refractivity contribution in [1.29, 1.82) is 0 Å². The van der Waals surface area contributed by atoms with Crippen LogP contribution in [0.4, 0.5) is 13.2 Å². The maximum absolute atomic E-state index is 12.3. The minimum Gasteiger partial charge on any atom is -0.357 e. The van der Waals surface area contributed by atoms with E-state index in [0.29, 0.717) is 18.4 Å². The van der Waals surface area contributed by atoms with Gasteiger partial charge in [0, 0.05) is 19.6 Å². The van der Waals surface area contributed by atoms with Gasteiger partial charge in [-0.25, -0.2) is 0 Å². The van der Waals surface area contributed by atoms with E-state index in [0.717, 1.165) is 25.9 Å². The third-order valence-corrected chi connectivity index (χ3v) is 3.94. The summed E-state index contributed by atoms with van der Waals surface area (Å²) in [6, 6.07) is 10.3. The standard InChI is InChI=1S/C17H24F3N3/c1-2-21-16(22-10-9-17(18,19)20)23-11-8-15(13-23)12-14-6-4-3-5-7-14/h3-7,15H,2,8-13H2,1H3,(H,21,22). The third kappa shape index (κ3) is 6.12. The molecule has 1 atom stereocenters. The number of alkyl halides is 3. The Bertz CT molecular complexity index is 500. The van der Waals surface area contributed by atoms with Crippen LogP contribution in [0.3, 0.4) is 0 Å². The van der Waals surface area contributed by atoms with Crippen molar-refractivity contribution in [3.05, 3.63) is 35.9 Å². The van der Waals surface area contributed by atoms with Crippen LogP contribution in [-0.4, -0.2) is 43.2 Å². The van der Waals surface area contributed by atoms with Crippen LogP contribution in [-0.2, 0) is 6.42 Å². The minimum absolute atomic E-state index is 0.217. The van der Waals surface area contributed by atoms with Crippen LogP contribution < -0.4 is 5.32 Å². The molecule has 1 unspecified atom stereocenters. The molecular weight excluding hydrogens is 303 g/mol. The van der Waals surface area contributed by atoms with Crippen molar-refractivity contribution in [2.75, 3.05) is 26.2 Å². The predicted octanol–water partition coefficient (Wildman–Crippen LogP) is 3.47. The van der Waals surface area contributed by atoms with Gasteiger partial charge in [0.15, 0.2) is 5.96 Å². The van der Waals surface area contributed by atoms with Crippen LogP contribution in [0, 0.1) is 5.92 Å². The van der Waals surface area contributed by atoms with Crippen molar-refractivity contribution in [2.24, 2.45) is 10.9 Å². The Kier molecular flexibility index (Phi) is 6.30. The summed E-state index contributed by atoms with van der Waals surface area (Å²) in [5.41, 5.74) is 1.30. The first-order valence-corrected chi connectivity index (χ1v) is 8.12. The molecule has 0 aromatic heterocycles. The second-order valence-corrected chi connectivity index (χ2v) is 5.89. The summed E-state index contributed by atoms with van der Waals surface area (Å²) >= 11 is 0. The summed E-state index contributed by atoms with van der Waals surface area (Å²) in [6.45, 7) is 4.05. The molecule has 0 radical (unpaired) electrons. The van der Waals surface area contributed by atoms with E-state index in [-0.39, 0.29) is 6.54 Å². The topological polar surface area (TPSA) is 27.6 Å². The first kappa shape index (κ1) is 17.6. The lowest BCUT2D eigenvalue weighted by molar-refractivity contribution is -0.132. The highest BCUT2D eigenvalue weighted by molar-refractivity contribution is 5.80. The van der Waals surface area contributed by atoms with E-state index in [9.17, 15) is 13.2 Å². The fraction of sp³-hybridized carbons (Fsp3) is 0.588. The molecule has 1 fully saturated rings. The SMILES string of the molecule is CCNC(=NCCC(F)(F)F)N1CCC(Cc2ccccc2)C1. The van der Waals surface area contributed by atoms with Crippen LogP contribution >= 0.6 is 0 Å². The van der Waals surface area contributed by atoms with Gasteiger partial charge in [0.1, 0.15) is 0 Å². The Morgan fingerprint density at radius 1 is 1.30 bits per heavy atom. The molecule has 3 nitrogen and oxygen atoms in total. The molecule has 1 aromatic carbocycles. The highest BCUT2D eigenvalue weighted by Gasteiger charge is 2.28. The lowest BCUT2D eigenvalue weighted by Crippen LogP contribution is -2.40. The lowest BCUT2D eigenvalue weighted by Gasteiger charge is -2.22. The molecular formula is C17H24F3N3. The second-order valence-electron chi connectivity index (χ2n) is 5.89. The molecule has 2 rings (SSSR count). The zero-order valence-corrected chi connectivity index (χ0v) is 13.4. The summed E-state index contributed by atoms with van der Waals surface area (Å²) in [5.74, 6) is 1.12. The van der Waals surface area contributed by atoms with E-state index < -0.39 is 12.6 Å². The number of aliphatic imine (C=N–C) groups is 1. The van der Waals surface area contributed by atoms with Crippen LogP contribution in [0.5, 0.6) is 0 Å². The molecule has 1 saturated heterocycles. The van der Waals surface area contributed by atoms with Gasteiger partial charge in [-0.2, -0.15) is 13.2 Å². The Labute approximate surface area is 135 Å². The van der Waals surface area contributed by atoms with E-state index in [2.05, 4.69) is 27.3 Å². The summed E-state index contributed by atoms with van der Waals surface area (Å²) in [5, 5.41) is 3.10. The Morgan fingerprint density at radius 3 is 2.70 bits per heavy atom. The van der Waals surface area contributed by atoms with Gasteiger partial charge in [-0.05, 0) is 31.2 Å². The molecule has 128 valence electrons. The minimum atomic E-state index is -4.15. The van der Waals surface area contributed by atoms with Gasteiger partial charge in [0.05, 0.1) is 13.0 Å². The van der Waals surface area contributed by atoms with Crippen molar-refractivity contribution in [3.63, 3.8) is 0 Å². The largest absolute Gasteiger partial charge is 0.390 e. The molecule has 1 aliphatic rings. The van der Waals surface area contributed by atoms with Gasteiger partial charge in [0.25, 0.3) is 0 Å². The molecule has 0 bridgehead atoms. The first-order chi connectivity index (χ1) is 11.0. The van der Waals surface area contributed by atoms with Gasteiger partial charge in [-0.1, -0.05) is 30.3 Å². The van der Waals surface area contributed by atoms with Gasteiger partial charge in [0.2, 0.25) is 0 Å². The molecule has 1 heterocycles. The fourth-order valence-electron chi connectivity index (χ4n) is 2.85. The monoisotopic (exact) mass is 327 g/mol. The molecule has 23 heavy (non-hydrogen) atoms. The number of rotatable bonds is 5. The van der Waals surface area contributed by atoms with Gasteiger partial charge in [-0.15, -0.1) is 0 Å². The summed E-state index contributed by atoms with van der Waals surface area (Å²) in [6.07, 6.45) is -2.98. The summed E-state index contributed by atoms with van der Waals surface area (Å²) in [7, 11) is 0. The fourth-order valence-corrected chi connectivity index (χ4v) is 2.85. The highest BCUT2D eigenvalue weighted by atomic mass is 19.4. The van der Waals surface area contributed by atoms with E-state index in [4.69, 9.17) is 0 Å². The van der Waals surface area contributed by atoms with Gasteiger partial charge >= 0.3 is 6.18 Å². The zero-order valence-electron chi connectivity index (χ0n) is 13.4. The number of hydrogen-bond donors (Lipinski definition) is 1. The Hall–Kier alpha value is -1.72. The number of guanidine groups is 1. The van der Waals surface area contributed by atoms with Crippen LogP contribution in [0.2, 0.25) is 0 Å². The molecule has 0 saturated carbocycles. The number of halogens is 3. The van der Waals surface area contributed by atoms with E-state index in [1.54, 1.807) is 0 Å². The molecule has 0 aliphatic carbocycles. The normalized spacial score (nSPS) is 19.2. The zero-order chi connectivity index (χ0) is 16.7. The van der Waals surface area contributed by atoms with E-state index in [1.807, 2.05) is 25.1 Å². The number of hydrogen-bond acceptors (Lipinski definition) is 1. The summed E-state index contributed by atoms with van der Waals surface area (Å²) in [4.78, 5) is 6.21. The maximum atomic E-state index is 12.3. The van der Waals surface area contributed by atoms with E-state index >= 15 is 0 Å². The molecule has 1 aliphatic heterocycles. The van der Waals surface area contributed by atoms with E-state index in [1.165, 1.54) is 5.56 Å². The van der Waals surface area contributed by atoms with Crippen LogP contribution in [0.1, 0.15) is 25.3 Å². The smallest absolute Gasteiger partial charge is 0.357 e. The molecule has 1 aromatic rings. The molecule has 0 spiro atoms. The Balaban J connectivity index is 1.89.